The van der Waals surface area contributed by atoms with Crippen molar-refractivity contribution in [3.8, 4) is 0 Å². The van der Waals surface area contributed by atoms with Crippen LogP contribution in [0, 0.1) is 0 Å². The summed E-state index contributed by atoms with van der Waals surface area (Å²) < 4.78 is 2.03. The van der Waals surface area contributed by atoms with E-state index in [9.17, 15) is 4.79 Å². The van der Waals surface area contributed by atoms with E-state index in [1.165, 1.54) is 0 Å². The lowest BCUT2D eigenvalue weighted by Gasteiger charge is -1.99. The highest BCUT2D eigenvalue weighted by Gasteiger charge is 1.93. The molecule has 0 atom stereocenters. The van der Waals surface area contributed by atoms with Crippen LogP contribution in [0.15, 0.2) is 24.5 Å². The fourth-order valence-electron chi connectivity index (χ4n) is 0.955. The Kier molecular flexibility index (Phi) is 2.72. The van der Waals surface area contributed by atoms with Crippen LogP contribution >= 0.6 is 0 Å². The predicted molar refractivity (Wildman–Crippen MR) is 42.9 cm³/mol. The van der Waals surface area contributed by atoms with Crippen molar-refractivity contribution >= 4 is 5.91 Å². The van der Waals surface area contributed by atoms with Crippen molar-refractivity contribution in [2.45, 2.75) is 19.4 Å². The monoisotopic (exact) mass is 152 g/mol. The van der Waals surface area contributed by atoms with Crippen molar-refractivity contribution in [1.82, 2.24) is 4.57 Å². The van der Waals surface area contributed by atoms with Crippen LogP contribution in [0.25, 0.3) is 0 Å². The Morgan fingerprint density at radius 2 is 2.00 bits per heavy atom. The number of hydrogen-bond acceptors (Lipinski definition) is 1. The second-order valence-electron chi connectivity index (χ2n) is 2.49. The van der Waals surface area contributed by atoms with E-state index in [0.717, 1.165) is 13.0 Å². The Bertz CT molecular complexity index is 216. The fourth-order valence-corrected chi connectivity index (χ4v) is 0.955. The molecule has 0 aliphatic heterocycles. The predicted octanol–water partition coefficient (Wildman–Crippen LogP) is 0.754. The molecule has 0 aliphatic rings. The third-order valence-corrected chi connectivity index (χ3v) is 1.51. The third kappa shape index (κ3) is 2.89. The number of nitrogens with zero attached hydrogens (tertiary/aromatic N) is 1. The number of primary amides is 1. The van der Waals surface area contributed by atoms with Crippen LogP contribution in [0.2, 0.25) is 0 Å². The molecule has 0 saturated heterocycles. The number of nitrogens with two attached hydrogens (primary N) is 1. The van der Waals surface area contributed by atoms with E-state index in [0.29, 0.717) is 6.42 Å². The Hall–Kier alpha value is -1.25. The van der Waals surface area contributed by atoms with Crippen molar-refractivity contribution in [2.75, 3.05) is 0 Å². The topological polar surface area (TPSA) is 48.0 Å². The molecule has 1 aromatic rings. The summed E-state index contributed by atoms with van der Waals surface area (Å²) >= 11 is 0. The molecule has 0 unspecified atom stereocenters. The largest absolute Gasteiger partial charge is 0.370 e. The van der Waals surface area contributed by atoms with Gasteiger partial charge in [0.2, 0.25) is 5.91 Å². The van der Waals surface area contributed by atoms with E-state index in [-0.39, 0.29) is 5.91 Å². The van der Waals surface area contributed by atoms with Gasteiger partial charge in [-0.3, -0.25) is 4.79 Å². The molecule has 0 aromatic carbocycles. The van der Waals surface area contributed by atoms with Gasteiger partial charge in [-0.25, -0.2) is 0 Å². The Morgan fingerprint density at radius 3 is 2.55 bits per heavy atom. The highest BCUT2D eigenvalue weighted by Crippen LogP contribution is 1.95. The molecule has 1 heterocycles. The summed E-state index contributed by atoms with van der Waals surface area (Å²) in [6.07, 6.45) is 5.24. The van der Waals surface area contributed by atoms with Crippen LogP contribution < -0.4 is 5.73 Å². The number of carbonyl (C=O) groups excluding carboxylic acids is 1. The highest BCUT2D eigenvalue weighted by atomic mass is 16.1. The van der Waals surface area contributed by atoms with Crippen molar-refractivity contribution in [3.05, 3.63) is 24.5 Å². The van der Waals surface area contributed by atoms with Crippen LogP contribution in [-0.4, -0.2) is 10.5 Å². The molecule has 11 heavy (non-hydrogen) atoms. The smallest absolute Gasteiger partial charge is 0.217 e. The van der Waals surface area contributed by atoms with Crippen LogP contribution in [0.1, 0.15) is 12.8 Å². The zero-order chi connectivity index (χ0) is 8.10. The fraction of sp³-hybridized carbons (Fsp3) is 0.375. The number of amides is 1. The summed E-state index contributed by atoms with van der Waals surface area (Å²) in [6.45, 7) is 0.871. The third-order valence-electron chi connectivity index (χ3n) is 1.51. The summed E-state index contributed by atoms with van der Waals surface area (Å²) in [7, 11) is 0. The van der Waals surface area contributed by atoms with E-state index >= 15 is 0 Å². The molecule has 0 bridgehead atoms. The molecule has 1 rings (SSSR count). The van der Waals surface area contributed by atoms with E-state index < -0.39 is 0 Å². The molecule has 3 nitrogen and oxygen atoms in total. The zero-order valence-corrected chi connectivity index (χ0v) is 6.36. The first-order chi connectivity index (χ1) is 5.29. The van der Waals surface area contributed by atoms with Crippen molar-refractivity contribution < 1.29 is 4.79 Å². The molecule has 60 valence electrons. The minimum absolute atomic E-state index is 0.225. The van der Waals surface area contributed by atoms with Gasteiger partial charge in [0, 0.05) is 25.4 Å². The van der Waals surface area contributed by atoms with Crippen molar-refractivity contribution in [1.29, 1.82) is 0 Å². The average Bonchev–Trinajstić information content (AvgIpc) is 2.39. The standard InChI is InChI=1S/C8H12N2O/c9-8(11)4-3-7-10-5-1-2-6-10/h1-2,5-6H,3-4,7H2,(H2,9,11). The number of aryl methyl sites for hydroxylation is 1. The molecule has 0 saturated carbocycles. The van der Waals surface area contributed by atoms with Crippen LogP contribution in [0.5, 0.6) is 0 Å². The molecule has 0 fully saturated rings. The molecule has 1 aromatic heterocycles. The number of aromatic nitrogens is 1. The van der Waals surface area contributed by atoms with Crippen molar-refractivity contribution in [3.63, 3.8) is 0 Å². The summed E-state index contributed by atoms with van der Waals surface area (Å²) in [6, 6.07) is 3.93. The minimum atomic E-state index is -0.225. The molecule has 2 N–H and O–H groups in total. The number of hydrogen-bond donors (Lipinski definition) is 1. The molecule has 1 amide bonds. The lowest BCUT2D eigenvalue weighted by Crippen LogP contribution is -2.11. The summed E-state index contributed by atoms with van der Waals surface area (Å²) in [5.41, 5.74) is 4.98. The van der Waals surface area contributed by atoms with Gasteiger partial charge in [-0.15, -0.1) is 0 Å². The van der Waals surface area contributed by atoms with Gasteiger partial charge in [-0.2, -0.15) is 0 Å². The normalized spacial score (nSPS) is 9.82. The second kappa shape index (κ2) is 3.81. The molecular formula is C8H12N2O. The first-order valence-electron chi connectivity index (χ1n) is 3.68. The Balaban J connectivity index is 2.19. The summed E-state index contributed by atoms with van der Waals surface area (Å²) in [4.78, 5) is 10.3. The first kappa shape index (κ1) is 7.85. The lowest BCUT2D eigenvalue weighted by atomic mass is 10.3. The maximum Gasteiger partial charge on any atom is 0.217 e. The molecule has 0 aliphatic carbocycles. The Morgan fingerprint density at radius 1 is 1.36 bits per heavy atom. The first-order valence-corrected chi connectivity index (χ1v) is 3.68. The zero-order valence-electron chi connectivity index (χ0n) is 6.36. The van der Waals surface area contributed by atoms with E-state index in [1.807, 2.05) is 29.1 Å². The van der Waals surface area contributed by atoms with Gasteiger partial charge in [0.1, 0.15) is 0 Å². The molecule has 3 heteroatoms. The van der Waals surface area contributed by atoms with Gasteiger partial charge in [0.05, 0.1) is 0 Å². The lowest BCUT2D eigenvalue weighted by molar-refractivity contribution is -0.118. The van der Waals surface area contributed by atoms with Gasteiger partial charge in [0.15, 0.2) is 0 Å². The number of rotatable bonds is 4. The minimum Gasteiger partial charge on any atom is -0.370 e. The summed E-state index contributed by atoms with van der Waals surface area (Å²) in [5.74, 6) is -0.225. The molecule has 0 radical (unpaired) electrons. The highest BCUT2D eigenvalue weighted by molar-refractivity contribution is 5.73. The van der Waals surface area contributed by atoms with Gasteiger partial charge in [-0.1, -0.05) is 0 Å². The quantitative estimate of drug-likeness (QED) is 0.680. The maximum atomic E-state index is 10.3. The molecular weight excluding hydrogens is 140 g/mol. The van der Waals surface area contributed by atoms with E-state index in [2.05, 4.69) is 0 Å². The maximum absolute atomic E-state index is 10.3. The SMILES string of the molecule is NC(=O)CCCn1cccc1. The van der Waals surface area contributed by atoms with Crippen molar-refractivity contribution in [2.24, 2.45) is 5.73 Å². The molecule has 0 spiro atoms. The van der Waals surface area contributed by atoms with Gasteiger partial charge in [0.25, 0.3) is 0 Å². The second-order valence-corrected chi connectivity index (χ2v) is 2.49. The average molecular weight is 152 g/mol. The van der Waals surface area contributed by atoms with Gasteiger partial charge < -0.3 is 10.3 Å². The van der Waals surface area contributed by atoms with Crippen LogP contribution in [0.3, 0.4) is 0 Å². The van der Waals surface area contributed by atoms with Crippen LogP contribution in [-0.2, 0) is 11.3 Å². The Labute approximate surface area is 65.8 Å². The summed E-state index contributed by atoms with van der Waals surface area (Å²) in [5, 5.41) is 0. The van der Waals surface area contributed by atoms with Crippen LogP contribution in [0.4, 0.5) is 0 Å². The van der Waals surface area contributed by atoms with Gasteiger partial charge in [-0.05, 0) is 18.6 Å². The number of carbonyl (C=O) groups is 1. The van der Waals surface area contributed by atoms with Gasteiger partial charge >= 0.3 is 0 Å². The van der Waals surface area contributed by atoms with E-state index in [4.69, 9.17) is 5.73 Å². The van der Waals surface area contributed by atoms with E-state index in [1.54, 1.807) is 0 Å².